The zero-order valence-electron chi connectivity index (χ0n) is 10.4. The quantitative estimate of drug-likeness (QED) is 0.853. The highest BCUT2D eigenvalue weighted by Gasteiger charge is 2.18. The molecule has 1 amide bonds. The SMILES string of the molecule is Cc1cccc(N(C)C(=O)c2cc(Cl)nnc2Cl)c1. The summed E-state index contributed by atoms with van der Waals surface area (Å²) in [5.41, 5.74) is 2.06. The molecule has 4 nitrogen and oxygen atoms in total. The number of halogens is 2. The van der Waals surface area contributed by atoms with Crippen LogP contribution in [-0.2, 0) is 0 Å². The Hall–Kier alpha value is -1.65. The highest BCUT2D eigenvalue weighted by molar-refractivity contribution is 6.34. The summed E-state index contributed by atoms with van der Waals surface area (Å²) in [6.45, 7) is 1.96. The predicted octanol–water partition coefficient (Wildman–Crippen LogP) is 3.37. The molecule has 6 heteroatoms. The average Bonchev–Trinajstić information content (AvgIpc) is 2.40. The number of hydrogen-bond acceptors (Lipinski definition) is 3. The monoisotopic (exact) mass is 295 g/mol. The van der Waals surface area contributed by atoms with Gasteiger partial charge in [-0.3, -0.25) is 4.79 Å². The van der Waals surface area contributed by atoms with Crippen molar-refractivity contribution in [3.8, 4) is 0 Å². The first-order chi connectivity index (χ1) is 8.99. The van der Waals surface area contributed by atoms with Crippen LogP contribution in [-0.4, -0.2) is 23.2 Å². The highest BCUT2D eigenvalue weighted by Crippen LogP contribution is 2.21. The molecule has 0 aliphatic carbocycles. The maximum atomic E-state index is 12.3. The molecule has 0 aliphatic heterocycles. The van der Waals surface area contributed by atoms with Crippen molar-refractivity contribution in [1.82, 2.24) is 10.2 Å². The number of anilines is 1. The zero-order valence-corrected chi connectivity index (χ0v) is 11.9. The van der Waals surface area contributed by atoms with E-state index in [0.29, 0.717) is 0 Å². The lowest BCUT2D eigenvalue weighted by atomic mass is 10.2. The van der Waals surface area contributed by atoms with Gasteiger partial charge in [-0.1, -0.05) is 35.3 Å². The third kappa shape index (κ3) is 3.03. The van der Waals surface area contributed by atoms with Gasteiger partial charge in [-0.25, -0.2) is 0 Å². The maximum Gasteiger partial charge on any atom is 0.261 e. The van der Waals surface area contributed by atoms with Crippen molar-refractivity contribution in [1.29, 1.82) is 0 Å². The zero-order chi connectivity index (χ0) is 14.0. The van der Waals surface area contributed by atoms with Crippen molar-refractivity contribution >= 4 is 34.8 Å². The maximum absolute atomic E-state index is 12.3. The molecule has 0 bridgehead atoms. The van der Waals surface area contributed by atoms with Crippen LogP contribution in [0.2, 0.25) is 10.3 Å². The fourth-order valence-electron chi connectivity index (χ4n) is 1.64. The summed E-state index contributed by atoms with van der Waals surface area (Å²) in [7, 11) is 1.67. The van der Waals surface area contributed by atoms with Crippen LogP contribution in [0.5, 0.6) is 0 Å². The molecular formula is C13H11Cl2N3O. The molecule has 0 N–H and O–H groups in total. The number of amides is 1. The van der Waals surface area contributed by atoms with Gasteiger partial charge in [-0.2, -0.15) is 0 Å². The number of carbonyl (C=O) groups is 1. The van der Waals surface area contributed by atoms with Crippen LogP contribution < -0.4 is 4.90 Å². The second kappa shape index (κ2) is 5.55. The molecule has 19 heavy (non-hydrogen) atoms. The number of hydrogen-bond donors (Lipinski definition) is 0. The van der Waals surface area contributed by atoms with Crippen molar-refractivity contribution < 1.29 is 4.79 Å². The molecular weight excluding hydrogens is 285 g/mol. The molecule has 0 fully saturated rings. The molecule has 0 aliphatic rings. The van der Waals surface area contributed by atoms with Gasteiger partial charge in [0.05, 0.1) is 5.56 Å². The van der Waals surface area contributed by atoms with Crippen molar-refractivity contribution in [2.75, 3.05) is 11.9 Å². The average molecular weight is 296 g/mol. The number of aromatic nitrogens is 2. The van der Waals surface area contributed by atoms with E-state index < -0.39 is 0 Å². The molecule has 1 aromatic heterocycles. The smallest absolute Gasteiger partial charge is 0.261 e. The van der Waals surface area contributed by atoms with Crippen molar-refractivity contribution in [2.24, 2.45) is 0 Å². The molecule has 1 aromatic carbocycles. The molecule has 0 unspecified atom stereocenters. The Labute approximate surface area is 121 Å². The normalized spacial score (nSPS) is 10.3. The Bertz CT molecular complexity index is 631. The van der Waals surface area contributed by atoms with Gasteiger partial charge < -0.3 is 4.90 Å². The summed E-state index contributed by atoms with van der Waals surface area (Å²) in [6.07, 6.45) is 0. The summed E-state index contributed by atoms with van der Waals surface area (Å²) in [5, 5.41) is 7.38. The van der Waals surface area contributed by atoms with Crippen LogP contribution in [0.4, 0.5) is 5.69 Å². The Morgan fingerprint density at radius 1 is 1.21 bits per heavy atom. The standard InChI is InChI=1S/C13H11Cl2N3O/c1-8-4-3-5-9(6-8)18(2)13(19)10-7-11(14)16-17-12(10)15/h3-7H,1-2H3. The van der Waals surface area contributed by atoms with Crippen LogP contribution in [0.25, 0.3) is 0 Å². The molecule has 0 saturated carbocycles. The molecule has 0 saturated heterocycles. The lowest BCUT2D eigenvalue weighted by Gasteiger charge is -2.18. The molecule has 2 aromatic rings. The predicted molar refractivity (Wildman–Crippen MR) is 76.0 cm³/mol. The number of carbonyl (C=O) groups excluding carboxylic acids is 1. The minimum absolute atomic E-state index is 0.0360. The summed E-state index contributed by atoms with van der Waals surface area (Å²) < 4.78 is 0. The fourth-order valence-corrected chi connectivity index (χ4v) is 1.96. The molecule has 98 valence electrons. The van der Waals surface area contributed by atoms with Gasteiger partial charge in [-0.15, -0.1) is 10.2 Å². The second-order valence-corrected chi connectivity index (χ2v) is 4.82. The van der Waals surface area contributed by atoms with E-state index in [9.17, 15) is 4.79 Å². The Kier molecular flexibility index (Phi) is 4.02. The number of benzene rings is 1. The molecule has 1 heterocycles. The van der Waals surface area contributed by atoms with E-state index >= 15 is 0 Å². The molecule has 2 rings (SSSR count). The van der Waals surface area contributed by atoms with Crippen LogP contribution >= 0.6 is 23.2 Å². The van der Waals surface area contributed by atoms with Gasteiger partial charge in [0.25, 0.3) is 5.91 Å². The number of nitrogens with zero attached hydrogens (tertiary/aromatic N) is 3. The second-order valence-electron chi connectivity index (χ2n) is 4.07. The van der Waals surface area contributed by atoms with E-state index in [4.69, 9.17) is 23.2 Å². The summed E-state index contributed by atoms with van der Waals surface area (Å²) in [6, 6.07) is 9.00. The third-order valence-electron chi connectivity index (χ3n) is 2.64. The number of rotatable bonds is 2. The highest BCUT2D eigenvalue weighted by atomic mass is 35.5. The van der Waals surface area contributed by atoms with Crippen molar-refractivity contribution in [2.45, 2.75) is 6.92 Å². The minimum Gasteiger partial charge on any atom is -0.311 e. The fraction of sp³-hybridized carbons (Fsp3) is 0.154. The first-order valence-corrected chi connectivity index (χ1v) is 6.28. The summed E-state index contributed by atoms with van der Waals surface area (Å²) in [5.74, 6) is -0.285. The van der Waals surface area contributed by atoms with Gasteiger partial charge in [0.2, 0.25) is 0 Å². The Balaban J connectivity index is 2.36. The molecule has 0 spiro atoms. The topological polar surface area (TPSA) is 46.1 Å². The van der Waals surface area contributed by atoms with Crippen LogP contribution in [0.15, 0.2) is 30.3 Å². The van der Waals surface area contributed by atoms with Gasteiger partial charge in [0.15, 0.2) is 10.3 Å². The van der Waals surface area contributed by atoms with E-state index in [2.05, 4.69) is 10.2 Å². The van der Waals surface area contributed by atoms with E-state index in [0.717, 1.165) is 11.3 Å². The van der Waals surface area contributed by atoms with Crippen molar-refractivity contribution in [3.63, 3.8) is 0 Å². The van der Waals surface area contributed by atoms with Gasteiger partial charge in [0.1, 0.15) is 0 Å². The van der Waals surface area contributed by atoms with Gasteiger partial charge in [0, 0.05) is 12.7 Å². The van der Waals surface area contributed by atoms with E-state index in [1.807, 2.05) is 31.2 Å². The van der Waals surface area contributed by atoms with Crippen LogP contribution in [0.1, 0.15) is 15.9 Å². The first-order valence-electron chi connectivity index (χ1n) is 5.52. The first kappa shape index (κ1) is 13.8. The lowest BCUT2D eigenvalue weighted by molar-refractivity contribution is 0.0992. The largest absolute Gasteiger partial charge is 0.311 e. The summed E-state index contributed by atoms with van der Waals surface area (Å²) in [4.78, 5) is 13.8. The number of aryl methyl sites for hydroxylation is 1. The summed E-state index contributed by atoms with van der Waals surface area (Å²) >= 11 is 11.6. The van der Waals surface area contributed by atoms with E-state index in [1.54, 1.807) is 7.05 Å². The minimum atomic E-state index is -0.285. The van der Waals surface area contributed by atoms with Crippen LogP contribution in [0.3, 0.4) is 0 Å². The molecule has 0 atom stereocenters. The van der Waals surface area contributed by atoms with Crippen molar-refractivity contribution in [3.05, 3.63) is 51.8 Å². The van der Waals surface area contributed by atoms with Gasteiger partial charge in [-0.05, 0) is 30.7 Å². The van der Waals surface area contributed by atoms with E-state index in [1.165, 1.54) is 11.0 Å². The van der Waals surface area contributed by atoms with Gasteiger partial charge >= 0.3 is 0 Å². The van der Waals surface area contributed by atoms with Crippen LogP contribution in [0, 0.1) is 6.92 Å². The lowest BCUT2D eigenvalue weighted by Crippen LogP contribution is -2.26. The Morgan fingerprint density at radius 3 is 2.63 bits per heavy atom. The van der Waals surface area contributed by atoms with E-state index in [-0.39, 0.29) is 21.8 Å². The Morgan fingerprint density at radius 2 is 1.95 bits per heavy atom. The third-order valence-corrected chi connectivity index (χ3v) is 3.11. The molecule has 0 radical (unpaired) electrons.